The number of aliphatic carboxylic acids is 4. The van der Waals surface area contributed by atoms with Gasteiger partial charge in [0.1, 0.15) is 23.0 Å². The number of isothiocyanates is 1. The van der Waals surface area contributed by atoms with Gasteiger partial charge >= 0.3 is 29.8 Å². The van der Waals surface area contributed by atoms with Crippen LogP contribution in [0.4, 0.5) is 5.69 Å². The number of fused-ring (bicyclic) bond motifs is 6. The van der Waals surface area contributed by atoms with Crippen LogP contribution in [0.2, 0.25) is 10.0 Å². The molecule has 19 heteroatoms. The van der Waals surface area contributed by atoms with E-state index in [0.29, 0.717) is 0 Å². The number of carbonyl (C=O) groups is 5. The number of hydrogen-bond acceptors (Lipinski definition) is 13. The summed E-state index contributed by atoms with van der Waals surface area (Å²) in [5.74, 6) is -8.42. The number of aliphatic imine (C=N–C) groups is 1. The molecule has 0 bridgehead atoms. The van der Waals surface area contributed by atoms with Crippen molar-refractivity contribution in [1.29, 1.82) is 0 Å². The minimum absolute atomic E-state index is 0.0245. The van der Waals surface area contributed by atoms with Crippen molar-refractivity contribution in [3.05, 3.63) is 73.8 Å². The maximum Gasteiger partial charge on any atom is 0.340 e. The van der Waals surface area contributed by atoms with Gasteiger partial charge in [0, 0.05) is 29.8 Å². The molecule has 2 aliphatic rings. The first-order chi connectivity index (χ1) is 23.6. The molecule has 1 spiro atoms. The van der Waals surface area contributed by atoms with Crippen LogP contribution >= 0.6 is 35.4 Å². The molecule has 0 unspecified atom stereocenters. The third-order valence-electron chi connectivity index (χ3n) is 7.79. The van der Waals surface area contributed by atoms with Crippen molar-refractivity contribution >= 4 is 76.1 Å². The molecule has 0 aromatic heterocycles. The van der Waals surface area contributed by atoms with E-state index in [1.165, 1.54) is 30.3 Å². The van der Waals surface area contributed by atoms with Gasteiger partial charge in [-0.1, -0.05) is 29.3 Å². The highest BCUT2D eigenvalue weighted by molar-refractivity contribution is 7.78. The second-order valence-corrected chi connectivity index (χ2v) is 12.1. The van der Waals surface area contributed by atoms with E-state index in [1.807, 2.05) is 0 Å². The summed E-state index contributed by atoms with van der Waals surface area (Å²) in [4.78, 5) is 66.0. The zero-order valence-corrected chi connectivity index (χ0v) is 27.5. The van der Waals surface area contributed by atoms with Crippen LogP contribution in [0.15, 0.2) is 35.3 Å². The molecule has 0 atom stereocenters. The number of nitrogens with zero attached hydrogens (tertiary/aromatic N) is 3. The van der Waals surface area contributed by atoms with Gasteiger partial charge in [-0.25, -0.2) is 4.79 Å². The standard InChI is InChI=1S/C31H23Cl2N3O13S/c32-20-4-18-28(15(26(20)45)6-35(8-22(37)38)9-23(39)40)48-29-16(7-36(10-24(41)42)11-25(43)44)27(46)21(33)5-19(29)31(18)17-2-1-13(34-12-50)3-14(17)30(47)49-31/h1-5,45-46H,6-11H2,(H,37,38)(H,39,40)(H,41,42)(H,43,44). The molecule has 50 heavy (non-hydrogen) atoms. The second-order valence-electron chi connectivity index (χ2n) is 11.1. The van der Waals surface area contributed by atoms with Crippen molar-refractivity contribution in [3.63, 3.8) is 0 Å². The van der Waals surface area contributed by atoms with Gasteiger partial charge in [0.05, 0.1) is 63.8 Å². The van der Waals surface area contributed by atoms with Crippen molar-refractivity contribution < 1.29 is 64.1 Å². The number of thiocarbonyl (C=S) groups is 1. The Hall–Kier alpha value is -5.29. The fourth-order valence-corrected chi connectivity index (χ4v) is 6.53. The summed E-state index contributed by atoms with van der Waals surface area (Å²) in [7, 11) is 0. The third kappa shape index (κ3) is 6.65. The van der Waals surface area contributed by atoms with Crippen LogP contribution in [0, 0.1) is 0 Å². The lowest BCUT2D eigenvalue weighted by molar-refractivity contribution is -0.144. The number of carboxylic acids is 4. The number of esters is 1. The molecule has 0 amide bonds. The Kier molecular flexibility index (Phi) is 10.0. The molecule has 16 nitrogen and oxygen atoms in total. The fourth-order valence-electron chi connectivity index (χ4n) is 5.97. The highest BCUT2D eigenvalue weighted by Gasteiger charge is 2.55. The van der Waals surface area contributed by atoms with Gasteiger partial charge in [0.2, 0.25) is 0 Å². The first-order valence-corrected chi connectivity index (χ1v) is 15.3. The average molecular weight is 749 g/mol. The largest absolute Gasteiger partial charge is 0.506 e. The third-order valence-corrected chi connectivity index (χ3v) is 8.46. The van der Waals surface area contributed by atoms with E-state index in [0.717, 1.165) is 9.80 Å². The lowest BCUT2D eigenvalue weighted by Crippen LogP contribution is -2.37. The average Bonchev–Trinajstić information content (AvgIpc) is 3.29. The van der Waals surface area contributed by atoms with E-state index < -0.39 is 86.2 Å². The maximum atomic E-state index is 13.6. The Balaban J connectivity index is 1.86. The van der Waals surface area contributed by atoms with Crippen LogP contribution in [-0.4, -0.2) is 102 Å². The van der Waals surface area contributed by atoms with Gasteiger partial charge in [-0.2, -0.15) is 4.99 Å². The Bertz CT molecular complexity index is 1920. The lowest BCUT2D eigenvalue weighted by Gasteiger charge is -2.39. The van der Waals surface area contributed by atoms with Crippen LogP contribution in [0.1, 0.15) is 38.2 Å². The first kappa shape index (κ1) is 36.0. The van der Waals surface area contributed by atoms with E-state index in [-0.39, 0.29) is 60.6 Å². The monoisotopic (exact) mass is 747 g/mol. The highest BCUT2D eigenvalue weighted by Crippen LogP contribution is 2.61. The zero-order valence-electron chi connectivity index (χ0n) is 25.2. The number of carbonyl (C=O) groups excluding carboxylic acids is 1. The van der Waals surface area contributed by atoms with Crippen molar-refractivity contribution in [2.45, 2.75) is 18.7 Å². The maximum absolute atomic E-state index is 13.6. The van der Waals surface area contributed by atoms with Gasteiger partial charge in [-0.3, -0.25) is 29.0 Å². The number of hydrogen-bond donors (Lipinski definition) is 6. The SMILES string of the molecule is O=C(O)CN(CC(=O)O)Cc1c(O)c(Cl)cc2c1Oc1c(cc(Cl)c(O)c1CN(CC(=O)O)CC(=O)O)C21OC(=O)c2cc(N=C=S)ccc21. The molecule has 0 aliphatic carbocycles. The molecule has 3 aromatic carbocycles. The number of aromatic hydroxyl groups is 2. The van der Waals surface area contributed by atoms with Crippen molar-refractivity contribution in [2.75, 3.05) is 26.2 Å². The summed E-state index contributed by atoms with van der Waals surface area (Å²) >= 11 is 17.7. The lowest BCUT2D eigenvalue weighted by atomic mass is 9.76. The molecule has 2 aliphatic heterocycles. The minimum atomic E-state index is -2.04. The molecule has 0 saturated heterocycles. The summed E-state index contributed by atoms with van der Waals surface area (Å²) in [6, 6.07) is 6.73. The molecular weight excluding hydrogens is 725 g/mol. The molecule has 260 valence electrons. The summed E-state index contributed by atoms with van der Waals surface area (Å²) in [6.07, 6.45) is 0. The summed E-state index contributed by atoms with van der Waals surface area (Å²) in [5.41, 5.74) is -2.26. The normalized spacial score (nSPS) is 13.6. The van der Waals surface area contributed by atoms with E-state index >= 15 is 0 Å². The predicted octanol–water partition coefficient (Wildman–Crippen LogP) is 3.65. The fraction of sp³-hybridized carbons (Fsp3) is 0.226. The van der Waals surface area contributed by atoms with Crippen LogP contribution in [0.3, 0.4) is 0 Å². The first-order valence-electron chi connectivity index (χ1n) is 14.1. The molecule has 3 aromatic rings. The summed E-state index contributed by atoms with van der Waals surface area (Å²) in [5, 5.41) is 61.9. The van der Waals surface area contributed by atoms with Gasteiger partial charge in [-0.15, -0.1) is 0 Å². The predicted molar refractivity (Wildman–Crippen MR) is 174 cm³/mol. The number of phenols is 2. The van der Waals surface area contributed by atoms with Crippen LogP contribution in [0.25, 0.3) is 0 Å². The Morgan fingerprint density at radius 3 is 1.60 bits per heavy atom. The topological polar surface area (TPSA) is 244 Å². The molecule has 2 heterocycles. The Morgan fingerprint density at radius 1 is 0.760 bits per heavy atom. The van der Waals surface area contributed by atoms with Crippen LogP contribution in [0.5, 0.6) is 23.0 Å². The molecule has 6 N–H and O–H groups in total. The van der Waals surface area contributed by atoms with Gasteiger partial charge in [0.25, 0.3) is 0 Å². The molecule has 0 saturated carbocycles. The Morgan fingerprint density at radius 2 is 1.20 bits per heavy atom. The molecule has 5 rings (SSSR count). The number of halogens is 2. The van der Waals surface area contributed by atoms with Crippen LogP contribution in [-0.2, 0) is 42.6 Å². The molecular formula is C31H23Cl2N3O13S. The van der Waals surface area contributed by atoms with Crippen molar-refractivity contribution in [2.24, 2.45) is 4.99 Å². The Labute approximate surface area is 295 Å². The highest BCUT2D eigenvalue weighted by atomic mass is 35.5. The van der Waals surface area contributed by atoms with Crippen LogP contribution < -0.4 is 4.74 Å². The second kappa shape index (κ2) is 13.9. The van der Waals surface area contributed by atoms with E-state index in [1.54, 1.807) is 0 Å². The number of benzene rings is 3. The molecule has 0 fully saturated rings. The van der Waals surface area contributed by atoms with Crippen molar-refractivity contribution in [3.8, 4) is 23.0 Å². The number of phenolic OH excluding ortho intramolecular Hbond substituents is 2. The van der Waals surface area contributed by atoms with E-state index in [4.69, 9.17) is 32.7 Å². The number of rotatable bonds is 13. The molecule has 0 radical (unpaired) electrons. The number of carboxylic acid groups (broad SMARTS) is 4. The van der Waals surface area contributed by atoms with Gasteiger partial charge < -0.3 is 40.1 Å². The minimum Gasteiger partial charge on any atom is -0.506 e. The number of ether oxygens (including phenoxy) is 2. The smallest absolute Gasteiger partial charge is 0.340 e. The quantitative estimate of drug-likeness (QED) is 0.0830. The zero-order chi connectivity index (χ0) is 36.7. The van der Waals surface area contributed by atoms with Crippen molar-refractivity contribution in [1.82, 2.24) is 9.80 Å². The van der Waals surface area contributed by atoms with Gasteiger partial charge in [0.15, 0.2) is 5.60 Å². The van der Waals surface area contributed by atoms with E-state index in [2.05, 4.69) is 22.4 Å². The van der Waals surface area contributed by atoms with Gasteiger partial charge in [-0.05, 0) is 36.5 Å². The summed E-state index contributed by atoms with van der Waals surface area (Å²) < 4.78 is 12.4. The van der Waals surface area contributed by atoms with E-state index in [9.17, 15) is 54.6 Å². The summed E-state index contributed by atoms with van der Waals surface area (Å²) in [6.45, 7) is -4.43.